The first kappa shape index (κ1) is 14.9. The average molecular weight is 235 g/mol. The molecule has 0 spiro atoms. The van der Waals surface area contributed by atoms with Crippen LogP contribution in [0.25, 0.3) is 0 Å². The summed E-state index contributed by atoms with van der Waals surface area (Å²) in [7, 11) is 22.9. The second-order valence-electron chi connectivity index (χ2n) is 3.97. The Morgan fingerprint density at radius 1 is 1.22 bits per heavy atom. The summed E-state index contributed by atoms with van der Waals surface area (Å²) in [4.78, 5) is 11.6. The maximum Gasteiger partial charge on any atom is 0.294 e. The number of rotatable bonds is 4. The van der Waals surface area contributed by atoms with Gasteiger partial charge in [-0.2, -0.15) is 0 Å². The van der Waals surface area contributed by atoms with Crippen molar-refractivity contribution in [1.82, 2.24) is 0 Å². The molecule has 7 heteroatoms. The molecule has 2 nitrogen and oxygen atoms in total. The standard InChI is InChI=1S/C11H9B4FO2/c1-2-18-9(17)11(14,15)10(12,13)7-3-5-8(16)6-4-7/h3-6H,2H2,1H3. The normalized spacial score (nSPS) is 12.1. The number of halogens is 1. The molecule has 8 radical (unpaired) electrons. The van der Waals surface area contributed by atoms with Crippen LogP contribution in [0.3, 0.4) is 0 Å². The van der Waals surface area contributed by atoms with E-state index in [2.05, 4.69) is 0 Å². The topological polar surface area (TPSA) is 26.3 Å². The molecule has 0 aliphatic heterocycles. The molecule has 0 atom stereocenters. The Morgan fingerprint density at radius 3 is 2.17 bits per heavy atom. The first-order valence-electron chi connectivity index (χ1n) is 5.32. The van der Waals surface area contributed by atoms with Crippen molar-refractivity contribution in [2.45, 2.75) is 17.4 Å². The van der Waals surface area contributed by atoms with Crippen LogP contribution < -0.4 is 0 Å². The zero-order valence-electron chi connectivity index (χ0n) is 10.0. The van der Waals surface area contributed by atoms with E-state index in [1.165, 1.54) is 12.1 Å². The van der Waals surface area contributed by atoms with Crippen molar-refractivity contribution >= 4 is 37.4 Å². The number of hydrogen-bond donors (Lipinski definition) is 0. The van der Waals surface area contributed by atoms with Gasteiger partial charge < -0.3 is 4.74 Å². The lowest BCUT2D eigenvalue weighted by Gasteiger charge is -2.42. The van der Waals surface area contributed by atoms with Gasteiger partial charge in [0.1, 0.15) is 5.82 Å². The Hall–Kier alpha value is -1.12. The van der Waals surface area contributed by atoms with Crippen molar-refractivity contribution in [3.63, 3.8) is 0 Å². The van der Waals surface area contributed by atoms with Crippen LogP contribution >= 0.6 is 0 Å². The fourth-order valence-corrected chi connectivity index (χ4v) is 1.38. The van der Waals surface area contributed by atoms with Gasteiger partial charge in [0.05, 0.1) is 38.0 Å². The summed E-state index contributed by atoms with van der Waals surface area (Å²) in [6.45, 7) is 1.69. The minimum atomic E-state index is -2.12. The Labute approximate surface area is 111 Å². The van der Waals surface area contributed by atoms with Gasteiger partial charge in [-0.1, -0.05) is 22.9 Å². The van der Waals surface area contributed by atoms with Gasteiger partial charge >= 0.3 is 0 Å². The predicted molar refractivity (Wildman–Crippen MR) is 70.4 cm³/mol. The molecular weight excluding hydrogens is 226 g/mol. The smallest absolute Gasteiger partial charge is 0.294 e. The van der Waals surface area contributed by atoms with Crippen molar-refractivity contribution in [2.75, 3.05) is 6.61 Å². The molecule has 1 rings (SSSR count). The van der Waals surface area contributed by atoms with Crippen LogP contribution in [0.2, 0.25) is 5.21 Å². The fraction of sp³-hybridized carbons (Fsp3) is 0.364. The molecule has 0 bridgehead atoms. The third kappa shape index (κ3) is 2.65. The number of carbonyl (C=O) groups is 1. The average Bonchev–Trinajstić information content (AvgIpc) is 2.29. The van der Waals surface area contributed by atoms with E-state index in [1.807, 2.05) is 0 Å². The van der Waals surface area contributed by atoms with E-state index >= 15 is 0 Å². The summed E-state index contributed by atoms with van der Waals surface area (Å²) in [5.41, 5.74) is 0.224. The van der Waals surface area contributed by atoms with Gasteiger partial charge in [-0.3, -0.25) is 4.79 Å². The molecule has 0 heterocycles. The molecule has 1 aromatic carbocycles. The van der Waals surface area contributed by atoms with Crippen LogP contribution in [0.15, 0.2) is 24.3 Å². The Kier molecular flexibility index (Phi) is 4.36. The second-order valence-corrected chi connectivity index (χ2v) is 3.97. The van der Waals surface area contributed by atoms with Crippen LogP contribution in [0.4, 0.5) is 4.39 Å². The molecule has 0 N–H and O–H groups in total. The minimum absolute atomic E-state index is 0.0917. The lowest BCUT2D eigenvalue weighted by molar-refractivity contribution is -0.144. The Bertz CT molecular complexity index is 431. The van der Waals surface area contributed by atoms with E-state index in [0.717, 1.165) is 12.1 Å². The largest absolute Gasteiger partial charge is 0.467 e. The lowest BCUT2D eigenvalue weighted by Crippen LogP contribution is -2.48. The van der Waals surface area contributed by atoms with Gasteiger partial charge in [0.2, 0.25) is 0 Å². The van der Waals surface area contributed by atoms with E-state index in [1.54, 1.807) is 6.92 Å². The summed E-state index contributed by atoms with van der Waals surface area (Å²) in [6.07, 6.45) is 0. The monoisotopic (exact) mass is 236 g/mol. The van der Waals surface area contributed by atoms with Crippen LogP contribution in [-0.4, -0.2) is 44.0 Å². The highest BCUT2D eigenvalue weighted by Crippen LogP contribution is 2.39. The van der Waals surface area contributed by atoms with Gasteiger partial charge in [0, 0.05) is 0 Å². The molecule has 0 unspecified atom stereocenters. The first-order chi connectivity index (χ1) is 8.23. The number of benzene rings is 1. The van der Waals surface area contributed by atoms with Gasteiger partial charge in [-0.25, -0.2) is 4.39 Å². The maximum absolute atomic E-state index is 12.8. The van der Waals surface area contributed by atoms with Gasteiger partial charge in [-0.15, -0.1) is 0 Å². The van der Waals surface area contributed by atoms with Crippen LogP contribution in [0.1, 0.15) is 12.5 Å². The quantitative estimate of drug-likeness (QED) is 0.555. The van der Waals surface area contributed by atoms with Crippen LogP contribution in [-0.2, 0) is 14.7 Å². The van der Waals surface area contributed by atoms with Crippen molar-refractivity contribution in [1.29, 1.82) is 0 Å². The Morgan fingerprint density at radius 2 is 1.72 bits per heavy atom. The third-order valence-corrected chi connectivity index (χ3v) is 2.62. The predicted octanol–water partition coefficient (Wildman–Crippen LogP) is 0.332. The fourth-order valence-electron chi connectivity index (χ4n) is 1.38. The number of ether oxygens (including phenoxy) is 1. The zero-order valence-corrected chi connectivity index (χ0v) is 10.0. The molecule has 0 amide bonds. The Balaban J connectivity index is 3.11. The van der Waals surface area contributed by atoms with Gasteiger partial charge in [0.15, 0.2) is 0 Å². The summed E-state index contributed by atoms with van der Waals surface area (Å²) < 4.78 is 17.5. The highest BCUT2D eigenvalue weighted by molar-refractivity contribution is 6.60. The van der Waals surface area contributed by atoms with E-state index in [-0.39, 0.29) is 12.2 Å². The van der Waals surface area contributed by atoms with Gasteiger partial charge in [0.25, 0.3) is 5.97 Å². The highest BCUT2D eigenvalue weighted by atomic mass is 19.1. The number of carbonyl (C=O) groups excluding carboxylic acids is 1. The second kappa shape index (κ2) is 5.25. The van der Waals surface area contributed by atoms with E-state index in [9.17, 15) is 9.18 Å². The first-order valence-corrected chi connectivity index (χ1v) is 5.32. The van der Waals surface area contributed by atoms with Crippen molar-refractivity contribution < 1.29 is 13.9 Å². The molecule has 84 valence electrons. The van der Waals surface area contributed by atoms with Crippen LogP contribution in [0.5, 0.6) is 0 Å². The van der Waals surface area contributed by atoms with Gasteiger partial charge in [-0.05, 0) is 24.3 Å². The molecule has 1 aromatic rings. The number of esters is 1. The summed E-state index contributed by atoms with van der Waals surface area (Å²) in [6, 6.07) is 4.90. The summed E-state index contributed by atoms with van der Waals surface area (Å²) in [5, 5.41) is -4.01. The minimum Gasteiger partial charge on any atom is -0.467 e. The molecule has 0 aromatic heterocycles. The molecule has 0 fully saturated rings. The van der Waals surface area contributed by atoms with Crippen LogP contribution in [0, 0.1) is 5.82 Å². The summed E-state index contributed by atoms with van der Waals surface area (Å²) >= 11 is 0. The summed E-state index contributed by atoms with van der Waals surface area (Å²) in [5.74, 6) is -1.40. The molecule has 18 heavy (non-hydrogen) atoms. The molecule has 0 saturated carbocycles. The highest BCUT2D eigenvalue weighted by Gasteiger charge is 2.42. The van der Waals surface area contributed by atoms with E-state index < -0.39 is 22.2 Å². The third-order valence-electron chi connectivity index (χ3n) is 2.62. The van der Waals surface area contributed by atoms with Crippen molar-refractivity contribution in [3.05, 3.63) is 35.6 Å². The van der Waals surface area contributed by atoms with E-state index in [0.29, 0.717) is 0 Å². The molecule has 0 saturated heterocycles. The maximum atomic E-state index is 12.8. The van der Waals surface area contributed by atoms with Crippen molar-refractivity contribution in [2.24, 2.45) is 0 Å². The zero-order chi connectivity index (χ0) is 14.0. The molecule has 0 aliphatic rings. The number of hydrogen-bond acceptors (Lipinski definition) is 2. The SMILES string of the molecule is [B]C([B])(C(=O)OCC)C([B])([B])c1ccc(F)cc1. The van der Waals surface area contributed by atoms with Crippen molar-refractivity contribution in [3.8, 4) is 0 Å². The molecular formula is C11H9B4FO2. The lowest BCUT2D eigenvalue weighted by atomic mass is 9.28. The molecule has 0 aliphatic carbocycles. The van der Waals surface area contributed by atoms with E-state index in [4.69, 9.17) is 36.1 Å².